The quantitative estimate of drug-likeness (QED) is 0.578. The summed E-state index contributed by atoms with van der Waals surface area (Å²) in [4.78, 5) is 12.9. The van der Waals surface area contributed by atoms with E-state index in [4.69, 9.17) is 0 Å². The minimum Gasteiger partial charge on any atom is -0.349 e. The average molecular weight is 544 g/mol. The van der Waals surface area contributed by atoms with Crippen LogP contribution in [0, 0.1) is 5.92 Å². The number of sulfonamides is 1. The van der Waals surface area contributed by atoms with Crippen LogP contribution in [-0.2, 0) is 30.4 Å². The number of amides is 1. The minimum absolute atomic E-state index is 0.0579. The monoisotopic (exact) mass is 542 g/mol. The topological polar surface area (TPSA) is 101 Å². The van der Waals surface area contributed by atoms with Crippen LogP contribution in [-0.4, -0.2) is 46.4 Å². The lowest BCUT2D eigenvalue weighted by Gasteiger charge is -2.31. The highest BCUT2D eigenvalue weighted by Crippen LogP contribution is 2.24. The Labute approximate surface area is 198 Å². The maximum Gasteiger partial charge on any atom is 0.223 e. The number of carbonyl (C=O) groups excluding carboxylic acids is 1. The van der Waals surface area contributed by atoms with Gasteiger partial charge in [0.25, 0.3) is 0 Å². The van der Waals surface area contributed by atoms with E-state index in [1.807, 2.05) is 19.1 Å². The van der Waals surface area contributed by atoms with E-state index in [1.165, 1.54) is 16.4 Å². The first-order valence-electron chi connectivity index (χ1n) is 10.3. The van der Waals surface area contributed by atoms with Crippen molar-refractivity contribution >= 4 is 41.7 Å². The molecule has 1 atom stereocenters. The van der Waals surface area contributed by atoms with E-state index in [0.29, 0.717) is 25.9 Å². The molecule has 1 saturated heterocycles. The standard InChI is InChI=1S/C22H27BrN2O5S2/c1-16(18-5-9-21(10-6-18)31(2,27)28)24-22(26)19-11-13-25(14-12-19)32(29,30)15-17-3-7-20(23)8-4-17/h3-10,16,19H,11-15H2,1-2H3,(H,24,26). The third-order valence-electron chi connectivity index (χ3n) is 5.65. The van der Waals surface area contributed by atoms with Gasteiger partial charge in [0, 0.05) is 29.7 Å². The second kappa shape index (κ2) is 10.0. The van der Waals surface area contributed by atoms with Crippen LogP contribution >= 0.6 is 15.9 Å². The van der Waals surface area contributed by atoms with Gasteiger partial charge in [-0.15, -0.1) is 0 Å². The molecule has 1 heterocycles. The summed E-state index contributed by atoms with van der Waals surface area (Å²) in [6.45, 7) is 2.47. The number of nitrogens with one attached hydrogen (secondary N) is 1. The molecular weight excluding hydrogens is 516 g/mol. The molecule has 1 aliphatic rings. The smallest absolute Gasteiger partial charge is 0.223 e. The van der Waals surface area contributed by atoms with Crippen LogP contribution in [0.4, 0.5) is 0 Å². The molecule has 1 amide bonds. The first kappa shape index (κ1) is 24.9. The number of sulfone groups is 1. The van der Waals surface area contributed by atoms with Gasteiger partial charge in [0.05, 0.1) is 16.7 Å². The first-order valence-corrected chi connectivity index (χ1v) is 14.6. The lowest BCUT2D eigenvalue weighted by atomic mass is 9.96. The van der Waals surface area contributed by atoms with E-state index in [-0.39, 0.29) is 28.5 Å². The van der Waals surface area contributed by atoms with E-state index in [0.717, 1.165) is 21.9 Å². The van der Waals surface area contributed by atoms with Crippen LogP contribution in [0.2, 0.25) is 0 Å². The van der Waals surface area contributed by atoms with Gasteiger partial charge in [-0.05, 0) is 55.2 Å². The number of rotatable bonds is 7. The Balaban J connectivity index is 1.54. The van der Waals surface area contributed by atoms with E-state index in [1.54, 1.807) is 24.3 Å². The van der Waals surface area contributed by atoms with Crippen LogP contribution in [0.3, 0.4) is 0 Å². The molecule has 32 heavy (non-hydrogen) atoms. The summed E-state index contributed by atoms with van der Waals surface area (Å²) >= 11 is 3.34. The molecule has 1 aliphatic heterocycles. The van der Waals surface area contributed by atoms with Crippen molar-refractivity contribution in [3.05, 3.63) is 64.1 Å². The van der Waals surface area contributed by atoms with Gasteiger partial charge in [0.2, 0.25) is 15.9 Å². The second-order valence-electron chi connectivity index (χ2n) is 8.13. The maximum absolute atomic E-state index is 12.7. The highest BCUT2D eigenvalue weighted by Gasteiger charge is 2.31. The lowest BCUT2D eigenvalue weighted by molar-refractivity contribution is -0.126. The Morgan fingerprint density at radius 1 is 1.03 bits per heavy atom. The summed E-state index contributed by atoms with van der Waals surface area (Å²) in [6.07, 6.45) is 2.08. The summed E-state index contributed by atoms with van der Waals surface area (Å²) in [7, 11) is -6.71. The molecule has 1 unspecified atom stereocenters. The number of halogens is 1. The predicted molar refractivity (Wildman–Crippen MR) is 127 cm³/mol. The molecule has 174 valence electrons. The van der Waals surface area contributed by atoms with Gasteiger partial charge in [0.1, 0.15) is 0 Å². The molecule has 7 nitrogen and oxygen atoms in total. The Kier molecular flexibility index (Phi) is 7.80. The van der Waals surface area contributed by atoms with Crippen molar-refractivity contribution in [2.45, 2.75) is 36.5 Å². The Hall–Kier alpha value is -1.75. The van der Waals surface area contributed by atoms with Crippen LogP contribution in [0.1, 0.15) is 36.9 Å². The van der Waals surface area contributed by atoms with Crippen molar-refractivity contribution in [2.75, 3.05) is 19.3 Å². The normalized spacial score (nSPS) is 17.1. The van der Waals surface area contributed by atoms with E-state index in [2.05, 4.69) is 21.2 Å². The van der Waals surface area contributed by atoms with Crippen LogP contribution in [0.25, 0.3) is 0 Å². The number of nitrogens with zero attached hydrogens (tertiary/aromatic N) is 1. The molecule has 0 spiro atoms. The number of hydrogen-bond acceptors (Lipinski definition) is 5. The lowest BCUT2D eigenvalue weighted by Crippen LogP contribution is -2.43. The number of carbonyl (C=O) groups is 1. The molecule has 0 radical (unpaired) electrons. The SMILES string of the molecule is CC(NC(=O)C1CCN(S(=O)(=O)Cc2ccc(Br)cc2)CC1)c1ccc(S(C)(=O)=O)cc1. The van der Waals surface area contributed by atoms with Gasteiger partial charge in [0.15, 0.2) is 9.84 Å². The zero-order valence-electron chi connectivity index (χ0n) is 18.0. The molecule has 0 aliphatic carbocycles. The Morgan fingerprint density at radius 3 is 2.12 bits per heavy atom. The fraction of sp³-hybridized carbons (Fsp3) is 0.409. The van der Waals surface area contributed by atoms with E-state index in [9.17, 15) is 21.6 Å². The van der Waals surface area contributed by atoms with Gasteiger partial charge in [-0.3, -0.25) is 4.79 Å². The number of hydrogen-bond donors (Lipinski definition) is 1. The highest BCUT2D eigenvalue weighted by atomic mass is 79.9. The van der Waals surface area contributed by atoms with E-state index < -0.39 is 19.9 Å². The summed E-state index contributed by atoms with van der Waals surface area (Å²) in [5.74, 6) is -0.431. The van der Waals surface area contributed by atoms with Gasteiger partial charge in [-0.1, -0.05) is 40.2 Å². The van der Waals surface area contributed by atoms with Crippen molar-refractivity contribution in [1.82, 2.24) is 9.62 Å². The van der Waals surface area contributed by atoms with Gasteiger partial charge in [-0.2, -0.15) is 0 Å². The van der Waals surface area contributed by atoms with Crippen LogP contribution in [0.5, 0.6) is 0 Å². The molecule has 0 aromatic heterocycles. The zero-order valence-corrected chi connectivity index (χ0v) is 21.2. The summed E-state index contributed by atoms with van der Waals surface area (Å²) in [5.41, 5.74) is 1.53. The van der Waals surface area contributed by atoms with Gasteiger partial charge in [-0.25, -0.2) is 21.1 Å². The molecular formula is C22H27BrN2O5S2. The molecule has 10 heteroatoms. The van der Waals surface area contributed by atoms with Crippen molar-refractivity contribution < 1.29 is 21.6 Å². The van der Waals surface area contributed by atoms with Gasteiger partial charge >= 0.3 is 0 Å². The third kappa shape index (κ3) is 6.40. The molecule has 1 fully saturated rings. The van der Waals surface area contributed by atoms with Crippen molar-refractivity contribution in [2.24, 2.45) is 5.92 Å². The minimum atomic E-state index is -3.44. The highest BCUT2D eigenvalue weighted by molar-refractivity contribution is 9.10. The largest absolute Gasteiger partial charge is 0.349 e. The summed E-state index contributed by atoms with van der Waals surface area (Å²) in [6, 6.07) is 13.4. The molecule has 0 bridgehead atoms. The van der Waals surface area contributed by atoms with Gasteiger partial charge < -0.3 is 5.32 Å². The summed E-state index contributed by atoms with van der Waals surface area (Å²) in [5, 5.41) is 2.96. The fourth-order valence-corrected chi connectivity index (χ4v) is 6.16. The third-order valence-corrected chi connectivity index (χ3v) is 9.15. The zero-order chi connectivity index (χ0) is 23.5. The molecule has 2 aromatic rings. The molecule has 2 aromatic carbocycles. The molecule has 1 N–H and O–H groups in total. The molecule has 0 saturated carbocycles. The predicted octanol–water partition coefficient (Wildman–Crippen LogP) is 3.27. The maximum atomic E-state index is 12.7. The fourth-order valence-electron chi connectivity index (χ4n) is 3.70. The van der Waals surface area contributed by atoms with Crippen LogP contribution in [0.15, 0.2) is 57.9 Å². The Bertz CT molecular complexity index is 1160. The number of benzene rings is 2. The van der Waals surface area contributed by atoms with Crippen molar-refractivity contribution in [3.63, 3.8) is 0 Å². The van der Waals surface area contributed by atoms with E-state index >= 15 is 0 Å². The number of piperidine rings is 1. The van der Waals surface area contributed by atoms with Crippen LogP contribution < -0.4 is 5.32 Å². The summed E-state index contributed by atoms with van der Waals surface area (Å²) < 4.78 is 51.0. The van der Waals surface area contributed by atoms with Crippen molar-refractivity contribution in [1.29, 1.82) is 0 Å². The molecule has 3 rings (SSSR count). The Morgan fingerprint density at radius 2 is 1.59 bits per heavy atom. The van der Waals surface area contributed by atoms with Crippen molar-refractivity contribution in [3.8, 4) is 0 Å². The average Bonchev–Trinajstić information content (AvgIpc) is 2.75. The second-order valence-corrected chi connectivity index (χ2v) is 13.0. The first-order chi connectivity index (χ1) is 15.0.